The lowest BCUT2D eigenvalue weighted by molar-refractivity contribution is -0.142. The van der Waals surface area contributed by atoms with E-state index in [9.17, 15) is 14.7 Å². The number of benzene rings is 2. The van der Waals surface area contributed by atoms with Crippen LogP contribution in [-0.4, -0.2) is 42.2 Å². The van der Waals surface area contributed by atoms with Crippen molar-refractivity contribution in [3.63, 3.8) is 0 Å². The molecular formula is C28H30N2O5. The van der Waals surface area contributed by atoms with Crippen molar-refractivity contribution in [3.8, 4) is 22.6 Å². The number of amides is 1. The molecule has 1 atom stereocenters. The van der Waals surface area contributed by atoms with E-state index in [-0.39, 0.29) is 12.3 Å². The van der Waals surface area contributed by atoms with Crippen molar-refractivity contribution < 1.29 is 24.2 Å². The number of carbonyl (C=O) groups is 2. The van der Waals surface area contributed by atoms with E-state index in [4.69, 9.17) is 9.47 Å². The summed E-state index contributed by atoms with van der Waals surface area (Å²) in [6, 6.07) is 17.6. The average Bonchev–Trinajstić information content (AvgIpc) is 3.40. The second-order valence-corrected chi connectivity index (χ2v) is 8.81. The van der Waals surface area contributed by atoms with Crippen molar-refractivity contribution in [2.24, 2.45) is 0 Å². The number of carboxylic acid groups (broad SMARTS) is 1. The van der Waals surface area contributed by atoms with Crippen molar-refractivity contribution in [2.45, 2.75) is 43.6 Å². The Morgan fingerprint density at radius 1 is 0.971 bits per heavy atom. The van der Waals surface area contributed by atoms with Crippen LogP contribution < -0.4 is 14.8 Å². The highest BCUT2D eigenvalue weighted by Crippen LogP contribution is 2.41. The molecule has 1 heterocycles. The maximum absolute atomic E-state index is 13.4. The second kappa shape index (κ2) is 10.6. The molecule has 7 nitrogen and oxygen atoms in total. The summed E-state index contributed by atoms with van der Waals surface area (Å²) in [6.07, 6.45) is 5.00. The Morgan fingerprint density at radius 3 is 2.17 bits per heavy atom. The van der Waals surface area contributed by atoms with Gasteiger partial charge in [0.15, 0.2) is 0 Å². The molecule has 7 heteroatoms. The highest BCUT2D eigenvalue weighted by molar-refractivity contribution is 5.91. The molecule has 0 aliphatic heterocycles. The molecule has 0 bridgehead atoms. The lowest BCUT2D eigenvalue weighted by Gasteiger charge is -2.29. The highest BCUT2D eigenvalue weighted by Gasteiger charge is 2.45. The van der Waals surface area contributed by atoms with Crippen LogP contribution in [0.3, 0.4) is 0 Å². The SMILES string of the molecule is COc1cccc(OC)c1-c1ccc(C[C@H](NC(=O)C2(c3ccccn3)CCCC2)C(=O)O)cc1. The summed E-state index contributed by atoms with van der Waals surface area (Å²) in [6.45, 7) is 0. The number of aliphatic carboxylic acids is 1. The molecule has 1 amide bonds. The molecule has 0 spiro atoms. The fourth-order valence-corrected chi connectivity index (χ4v) is 4.90. The van der Waals surface area contributed by atoms with Gasteiger partial charge in [-0.25, -0.2) is 4.79 Å². The van der Waals surface area contributed by atoms with Gasteiger partial charge in [0.2, 0.25) is 5.91 Å². The van der Waals surface area contributed by atoms with E-state index in [0.717, 1.165) is 29.5 Å². The molecule has 1 aliphatic rings. The molecule has 2 aromatic carbocycles. The smallest absolute Gasteiger partial charge is 0.326 e. The zero-order valence-electron chi connectivity index (χ0n) is 20.0. The van der Waals surface area contributed by atoms with Crippen LogP contribution in [0, 0.1) is 0 Å². The number of nitrogens with zero attached hydrogens (tertiary/aromatic N) is 1. The first kappa shape index (κ1) is 24.3. The Kier molecular flexibility index (Phi) is 7.34. The summed E-state index contributed by atoms with van der Waals surface area (Å²) < 4.78 is 11.0. The van der Waals surface area contributed by atoms with Gasteiger partial charge >= 0.3 is 5.97 Å². The topological polar surface area (TPSA) is 97.8 Å². The maximum atomic E-state index is 13.4. The molecule has 0 unspecified atom stereocenters. The van der Waals surface area contributed by atoms with Crippen LogP contribution in [-0.2, 0) is 21.4 Å². The first-order chi connectivity index (χ1) is 17.0. The van der Waals surface area contributed by atoms with Gasteiger partial charge in [-0.05, 0) is 48.2 Å². The van der Waals surface area contributed by atoms with E-state index in [0.29, 0.717) is 30.0 Å². The largest absolute Gasteiger partial charge is 0.496 e. The van der Waals surface area contributed by atoms with Gasteiger partial charge in [0.05, 0.1) is 30.9 Å². The lowest BCUT2D eigenvalue weighted by atomic mass is 9.81. The minimum atomic E-state index is -1.07. The maximum Gasteiger partial charge on any atom is 0.326 e. The normalized spacial score (nSPS) is 15.3. The molecular weight excluding hydrogens is 444 g/mol. The fourth-order valence-electron chi connectivity index (χ4n) is 4.90. The number of ether oxygens (including phenoxy) is 2. The molecule has 1 aliphatic carbocycles. The number of hydrogen-bond donors (Lipinski definition) is 2. The summed E-state index contributed by atoms with van der Waals surface area (Å²) in [5, 5.41) is 12.7. The molecule has 2 N–H and O–H groups in total. The molecule has 1 saturated carbocycles. The van der Waals surface area contributed by atoms with Crippen LogP contribution in [0.25, 0.3) is 11.1 Å². The molecule has 4 rings (SSSR count). The average molecular weight is 475 g/mol. The minimum Gasteiger partial charge on any atom is -0.496 e. The molecule has 1 aromatic heterocycles. The zero-order chi connectivity index (χ0) is 24.8. The summed E-state index contributed by atoms with van der Waals surface area (Å²) in [4.78, 5) is 29.9. The third kappa shape index (κ3) is 4.99. The fraction of sp³-hybridized carbons (Fsp3) is 0.321. The van der Waals surface area contributed by atoms with Crippen LogP contribution in [0.2, 0.25) is 0 Å². The van der Waals surface area contributed by atoms with Gasteiger partial charge < -0.3 is 19.9 Å². The Morgan fingerprint density at radius 2 is 1.63 bits per heavy atom. The minimum absolute atomic E-state index is 0.169. The van der Waals surface area contributed by atoms with E-state index >= 15 is 0 Å². The van der Waals surface area contributed by atoms with Gasteiger partial charge in [-0.1, -0.05) is 49.2 Å². The number of methoxy groups -OCH3 is 2. The van der Waals surface area contributed by atoms with Crippen LogP contribution in [0.1, 0.15) is 36.9 Å². The summed E-state index contributed by atoms with van der Waals surface area (Å²) in [5.74, 6) is 0.0350. The predicted molar refractivity (Wildman–Crippen MR) is 133 cm³/mol. The van der Waals surface area contributed by atoms with E-state index < -0.39 is 17.4 Å². The third-order valence-corrected chi connectivity index (χ3v) is 6.76. The number of carbonyl (C=O) groups excluding carboxylic acids is 1. The van der Waals surface area contributed by atoms with Gasteiger partial charge in [-0.15, -0.1) is 0 Å². The van der Waals surface area contributed by atoms with Crippen molar-refractivity contribution in [2.75, 3.05) is 14.2 Å². The van der Waals surface area contributed by atoms with E-state index in [1.165, 1.54) is 0 Å². The zero-order valence-corrected chi connectivity index (χ0v) is 20.0. The first-order valence-electron chi connectivity index (χ1n) is 11.7. The van der Waals surface area contributed by atoms with Gasteiger partial charge in [0.25, 0.3) is 0 Å². The van der Waals surface area contributed by atoms with Gasteiger partial charge in [-0.2, -0.15) is 0 Å². The number of rotatable bonds is 9. The van der Waals surface area contributed by atoms with E-state index in [1.807, 2.05) is 60.7 Å². The van der Waals surface area contributed by atoms with Gasteiger partial charge in [-0.3, -0.25) is 9.78 Å². The predicted octanol–water partition coefficient (Wildman–Crippen LogP) is 4.39. The Balaban J connectivity index is 1.54. The van der Waals surface area contributed by atoms with Crippen LogP contribution >= 0.6 is 0 Å². The van der Waals surface area contributed by atoms with Gasteiger partial charge in [0.1, 0.15) is 17.5 Å². The molecule has 1 fully saturated rings. The number of nitrogens with one attached hydrogen (secondary N) is 1. The van der Waals surface area contributed by atoms with E-state index in [2.05, 4.69) is 10.3 Å². The second-order valence-electron chi connectivity index (χ2n) is 8.81. The number of pyridine rings is 1. The van der Waals surface area contributed by atoms with Crippen LogP contribution in [0.5, 0.6) is 11.5 Å². The Bertz CT molecular complexity index is 1150. The number of hydrogen-bond acceptors (Lipinski definition) is 5. The van der Waals surface area contributed by atoms with Crippen molar-refractivity contribution >= 4 is 11.9 Å². The standard InChI is InChI=1S/C28H30N2O5/c1-34-22-8-7-9-23(35-2)25(22)20-13-11-19(12-14-20)18-21(26(31)32)30-27(33)28(15-4-5-16-28)24-10-3-6-17-29-24/h3,6-14,17,21H,4-5,15-16,18H2,1-2H3,(H,30,33)(H,31,32)/t21-/m0/s1. The molecule has 35 heavy (non-hydrogen) atoms. The van der Waals surface area contributed by atoms with E-state index in [1.54, 1.807) is 20.4 Å². The summed E-state index contributed by atoms with van der Waals surface area (Å²) >= 11 is 0. The van der Waals surface area contributed by atoms with Crippen molar-refractivity contribution in [1.29, 1.82) is 0 Å². The van der Waals surface area contributed by atoms with Crippen molar-refractivity contribution in [1.82, 2.24) is 10.3 Å². The molecule has 3 aromatic rings. The molecule has 0 saturated heterocycles. The number of carboxylic acids is 1. The van der Waals surface area contributed by atoms with Crippen LogP contribution in [0.4, 0.5) is 0 Å². The number of aromatic nitrogens is 1. The van der Waals surface area contributed by atoms with Crippen LogP contribution in [0.15, 0.2) is 66.9 Å². The van der Waals surface area contributed by atoms with Gasteiger partial charge in [0, 0.05) is 12.6 Å². The third-order valence-electron chi connectivity index (χ3n) is 6.76. The quantitative estimate of drug-likeness (QED) is 0.477. The molecule has 182 valence electrons. The van der Waals surface area contributed by atoms with Crippen molar-refractivity contribution in [3.05, 3.63) is 78.1 Å². The summed E-state index contributed by atoms with van der Waals surface area (Å²) in [5.41, 5.74) is 2.44. The highest BCUT2D eigenvalue weighted by atomic mass is 16.5. The lowest BCUT2D eigenvalue weighted by Crippen LogP contribution is -2.50. The Hall–Kier alpha value is -3.87. The molecule has 0 radical (unpaired) electrons. The summed E-state index contributed by atoms with van der Waals surface area (Å²) in [7, 11) is 3.21. The first-order valence-corrected chi connectivity index (χ1v) is 11.7. The monoisotopic (exact) mass is 474 g/mol. The Labute approximate surface area is 205 Å².